The first-order valence-corrected chi connectivity index (χ1v) is 6.59. The van der Waals surface area contributed by atoms with E-state index in [0.29, 0.717) is 11.0 Å². The average molecular weight is 243 g/mol. The molecule has 0 rings (SSSR count). The van der Waals surface area contributed by atoms with Crippen LogP contribution in [0.3, 0.4) is 0 Å². The van der Waals surface area contributed by atoms with Gasteiger partial charge in [0.2, 0.25) is 0 Å². The van der Waals surface area contributed by atoms with Crippen molar-refractivity contribution in [2.75, 3.05) is 16.0 Å². The summed E-state index contributed by atoms with van der Waals surface area (Å²) in [7, 11) is 0. The van der Waals surface area contributed by atoms with Gasteiger partial charge in [0.1, 0.15) is 0 Å². The topological polar surface area (TPSA) is 26.3 Å². The molecule has 0 fully saturated rings. The number of carbonyl (C=O) groups is 1. The quantitative estimate of drug-likeness (QED) is 0.314. The van der Waals surface area contributed by atoms with Gasteiger partial charge in [-0.25, -0.2) is 0 Å². The van der Waals surface area contributed by atoms with Crippen molar-refractivity contribution in [2.45, 2.75) is 13.3 Å². The van der Waals surface area contributed by atoms with Crippen molar-refractivity contribution < 1.29 is 30.7 Å². The molecule has 0 aliphatic heterocycles. The van der Waals surface area contributed by atoms with E-state index >= 15 is 0 Å². The van der Waals surface area contributed by atoms with Gasteiger partial charge in [0.25, 0.3) is 0 Å². The van der Waals surface area contributed by atoms with Gasteiger partial charge >= 0.3 is 66.0 Å². The number of halogens is 1. The second-order valence-corrected chi connectivity index (χ2v) is 3.91. The third-order valence-electron chi connectivity index (χ3n) is 0.710. The number of alkyl halides is 2. The first kappa shape index (κ1) is 9.20. The molecule has 0 radical (unpaired) electrons. The Hall–Kier alpha value is 0.200. The minimum absolute atomic E-state index is 0.0212. The van der Waals surface area contributed by atoms with Crippen molar-refractivity contribution in [1.82, 2.24) is 0 Å². The maximum absolute atomic E-state index is 10.6. The molecule has 0 unspecified atom stereocenters. The molecule has 0 spiro atoms. The Morgan fingerprint density at radius 2 is 2.33 bits per heavy atom. The molecule has 0 aliphatic carbocycles. The summed E-state index contributed by atoms with van der Waals surface area (Å²) < 4.78 is 5.49. The summed E-state index contributed by atoms with van der Waals surface area (Å²) in [6.45, 7) is 2.58. The predicted molar refractivity (Wildman–Crippen MR) is 32.0 cm³/mol. The Bertz CT molecular complexity index is 83.1. The number of ether oxygens (including phenoxy) is 1. The van der Waals surface area contributed by atoms with Crippen LogP contribution in [0.1, 0.15) is 13.3 Å². The van der Waals surface area contributed by atoms with Crippen molar-refractivity contribution in [3.05, 3.63) is 0 Å². The van der Waals surface area contributed by atoms with E-state index in [2.05, 4.69) is 4.93 Å². The Morgan fingerprint density at radius 3 is 2.78 bits per heavy atom. The molecule has 0 atom stereocenters. The van der Waals surface area contributed by atoms with E-state index in [0.717, 1.165) is 6.42 Å². The van der Waals surface area contributed by atoms with Crippen molar-refractivity contribution in [3.63, 3.8) is 0 Å². The Balaban J connectivity index is 3.06. The van der Waals surface area contributed by atoms with E-state index in [9.17, 15) is 4.79 Å². The van der Waals surface area contributed by atoms with Crippen LogP contribution in [0.15, 0.2) is 0 Å². The Morgan fingerprint density at radius 1 is 1.67 bits per heavy atom. The van der Waals surface area contributed by atoms with E-state index in [-0.39, 0.29) is 27.2 Å². The van der Waals surface area contributed by atoms with Gasteiger partial charge in [0.05, 0.1) is 0 Å². The zero-order valence-corrected chi connectivity index (χ0v) is 7.97. The molecular weight excluding hydrogens is 231 g/mol. The third kappa shape index (κ3) is 6.08. The summed E-state index contributed by atoms with van der Waals surface area (Å²) in [4.78, 5) is 12.7. The third-order valence-corrected chi connectivity index (χ3v) is 2.10. The second-order valence-electron chi connectivity index (χ2n) is 1.62. The van der Waals surface area contributed by atoms with Crippen molar-refractivity contribution >= 4 is 5.97 Å². The first-order valence-electron chi connectivity index (χ1n) is 2.90. The minimum atomic E-state index is -0.0212. The van der Waals surface area contributed by atoms with E-state index < -0.39 is 0 Å². The molecule has 56 valence electrons. The molecule has 0 aromatic rings. The summed E-state index contributed by atoms with van der Waals surface area (Å²) in [5.41, 5.74) is 0. The molecule has 2 nitrogen and oxygen atoms in total. The molecule has 3 heteroatoms. The van der Waals surface area contributed by atoms with Crippen molar-refractivity contribution in [3.8, 4) is 0 Å². The number of rotatable bonds is 4. The molecule has 0 saturated heterocycles. The molecule has 0 bridgehead atoms. The fourth-order valence-corrected chi connectivity index (χ4v) is 1.21. The Labute approximate surface area is 66.2 Å². The van der Waals surface area contributed by atoms with Crippen LogP contribution in [0.4, 0.5) is 0 Å². The zero-order chi connectivity index (χ0) is 7.11. The monoisotopic (exact) mass is 243 g/mol. The molecule has 0 aromatic heterocycles. The second kappa shape index (κ2) is 6.32. The fourth-order valence-electron chi connectivity index (χ4n) is 0.364. The van der Waals surface area contributed by atoms with Crippen LogP contribution < -0.4 is 21.2 Å². The summed E-state index contributed by atoms with van der Waals surface area (Å²) in [6.07, 6.45) is 0.924. The molecule has 0 aliphatic rings. The van der Waals surface area contributed by atoms with Gasteiger partial charge in [-0.3, -0.25) is 0 Å². The zero-order valence-electron chi connectivity index (χ0n) is 5.82. The van der Waals surface area contributed by atoms with Crippen LogP contribution >= 0.6 is 0 Å². The van der Waals surface area contributed by atoms with E-state index in [1.807, 2.05) is 6.92 Å². The molecule has 0 saturated carbocycles. The van der Waals surface area contributed by atoms with Gasteiger partial charge in [-0.05, 0) is 0 Å². The maximum atomic E-state index is 10.6. The summed E-state index contributed by atoms with van der Waals surface area (Å²) in [6, 6.07) is 0. The van der Waals surface area contributed by atoms with Crippen LogP contribution in [-0.4, -0.2) is 21.9 Å². The number of carbonyl (C=O) groups excluding carboxylic acids is 1. The summed E-state index contributed by atoms with van der Waals surface area (Å²) >= 11 is 0.0748. The van der Waals surface area contributed by atoms with Gasteiger partial charge in [0.15, 0.2) is 0 Å². The van der Waals surface area contributed by atoms with Crippen LogP contribution in [0.25, 0.3) is 0 Å². The standard InChI is InChI=1S/C6H12IO2/c1-3-4-9-6(8)5-7-2/h3-5H2,1-2H3/q-1. The number of esters is 1. The SMILES string of the molecule is CCCOC(=O)C[I-]C. The molecule has 0 aromatic carbocycles. The molecule has 0 N–H and O–H groups in total. The molecule has 0 heterocycles. The van der Waals surface area contributed by atoms with E-state index in [1.165, 1.54) is 0 Å². The van der Waals surface area contributed by atoms with Gasteiger partial charge < -0.3 is 0 Å². The normalized spacial score (nSPS) is 9.56. The fraction of sp³-hybridized carbons (Fsp3) is 0.833. The predicted octanol–water partition coefficient (Wildman–Crippen LogP) is -2.34. The van der Waals surface area contributed by atoms with Crippen molar-refractivity contribution in [1.29, 1.82) is 0 Å². The Kier molecular flexibility index (Phi) is 6.46. The number of hydrogen-bond donors (Lipinski definition) is 0. The average Bonchev–Trinajstić information content (AvgIpc) is 1.85. The molecule has 9 heavy (non-hydrogen) atoms. The van der Waals surface area contributed by atoms with Crippen LogP contribution in [0.5, 0.6) is 0 Å². The van der Waals surface area contributed by atoms with E-state index in [4.69, 9.17) is 4.74 Å². The van der Waals surface area contributed by atoms with Crippen molar-refractivity contribution in [2.24, 2.45) is 0 Å². The summed E-state index contributed by atoms with van der Waals surface area (Å²) in [5, 5.41) is 0. The van der Waals surface area contributed by atoms with Crippen LogP contribution in [0, 0.1) is 0 Å². The number of hydrogen-bond acceptors (Lipinski definition) is 2. The first-order chi connectivity index (χ1) is 4.31. The van der Waals surface area contributed by atoms with Gasteiger partial charge in [-0.15, -0.1) is 0 Å². The van der Waals surface area contributed by atoms with Gasteiger partial charge in [-0.1, -0.05) is 0 Å². The van der Waals surface area contributed by atoms with E-state index in [1.54, 1.807) is 0 Å². The van der Waals surface area contributed by atoms with Crippen LogP contribution in [0.2, 0.25) is 0 Å². The van der Waals surface area contributed by atoms with Gasteiger partial charge in [-0.2, -0.15) is 0 Å². The van der Waals surface area contributed by atoms with Gasteiger partial charge in [0, 0.05) is 0 Å². The molecular formula is C6H12IO2-. The summed E-state index contributed by atoms with van der Waals surface area (Å²) in [5.74, 6) is -0.0212. The molecule has 0 amide bonds. The van der Waals surface area contributed by atoms with Crippen LogP contribution in [-0.2, 0) is 9.53 Å².